The van der Waals surface area contributed by atoms with Crippen molar-refractivity contribution in [1.29, 1.82) is 0 Å². The summed E-state index contributed by atoms with van der Waals surface area (Å²) in [6.45, 7) is 0.354. The molecule has 1 fully saturated rings. The van der Waals surface area contributed by atoms with Gasteiger partial charge in [-0.1, -0.05) is 12.1 Å². The third kappa shape index (κ3) is 3.20. The smallest absolute Gasteiger partial charge is 0.326 e. The number of nitrogens with one attached hydrogen (secondary N) is 1. The number of benzene rings is 1. The number of hydrogen-bond donors (Lipinski definition) is 3. The van der Waals surface area contributed by atoms with E-state index >= 15 is 0 Å². The number of fused-ring (bicyclic) bond motifs is 3. The Morgan fingerprint density at radius 2 is 2.04 bits per heavy atom. The minimum Gasteiger partial charge on any atom is -0.481 e. The van der Waals surface area contributed by atoms with Crippen molar-refractivity contribution in [2.45, 2.75) is 37.8 Å². The van der Waals surface area contributed by atoms with Gasteiger partial charge in [0, 0.05) is 17.7 Å². The number of anilines is 1. The van der Waals surface area contributed by atoms with Crippen molar-refractivity contribution >= 4 is 23.5 Å². The van der Waals surface area contributed by atoms with E-state index < -0.39 is 36.2 Å². The molecule has 1 amide bonds. The number of carbonyl (C=O) groups is 3. The number of furan rings is 1. The first-order valence-electron chi connectivity index (χ1n) is 8.79. The average Bonchev–Trinajstić information content (AvgIpc) is 3.27. The molecule has 3 heterocycles. The number of aliphatic carboxylic acids is 2. The molecule has 2 aromatic rings. The van der Waals surface area contributed by atoms with Gasteiger partial charge >= 0.3 is 11.9 Å². The number of carboxylic acids is 2. The maximum Gasteiger partial charge on any atom is 0.326 e. The minimum absolute atomic E-state index is 0.194. The molecule has 0 saturated carbocycles. The maximum atomic E-state index is 13.2. The molecule has 9 nitrogen and oxygen atoms in total. The fraction of sp³-hybridized carbons (Fsp3) is 0.316. The lowest BCUT2D eigenvalue weighted by atomic mass is 9.95. The molecular weight excluding hydrogens is 368 g/mol. The molecule has 0 aliphatic carbocycles. The molecule has 0 radical (unpaired) electrons. The predicted molar refractivity (Wildman–Crippen MR) is 94.6 cm³/mol. The van der Waals surface area contributed by atoms with E-state index in [1.807, 2.05) is 0 Å². The second kappa shape index (κ2) is 7.01. The number of rotatable bonds is 8. The number of hydrogen-bond acceptors (Lipinski definition) is 6. The Kier molecular flexibility index (Phi) is 4.52. The van der Waals surface area contributed by atoms with Gasteiger partial charge in [0.2, 0.25) is 0 Å². The first-order valence-corrected chi connectivity index (χ1v) is 8.79. The second-order valence-electron chi connectivity index (χ2n) is 6.65. The van der Waals surface area contributed by atoms with Crippen LogP contribution in [0.5, 0.6) is 0 Å². The van der Waals surface area contributed by atoms with Crippen LogP contribution in [0.25, 0.3) is 0 Å². The third-order valence-corrected chi connectivity index (χ3v) is 4.88. The third-order valence-electron chi connectivity index (χ3n) is 4.88. The Morgan fingerprint density at radius 3 is 2.71 bits per heavy atom. The van der Waals surface area contributed by atoms with Gasteiger partial charge in [-0.15, -0.1) is 0 Å². The van der Waals surface area contributed by atoms with Crippen LogP contribution >= 0.6 is 0 Å². The molecule has 28 heavy (non-hydrogen) atoms. The van der Waals surface area contributed by atoms with Crippen LogP contribution in [0.4, 0.5) is 5.69 Å². The van der Waals surface area contributed by atoms with E-state index in [0.717, 1.165) is 4.90 Å². The van der Waals surface area contributed by atoms with Gasteiger partial charge in [-0.2, -0.15) is 0 Å². The van der Waals surface area contributed by atoms with E-state index in [2.05, 4.69) is 5.32 Å². The molecule has 3 atom stereocenters. The summed E-state index contributed by atoms with van der Waals surface area (Å²) >= 11 is 0. The summed E-state index contributed by atoms with van der Waals surface area (Å²) in [6, 6.07) is 7.58. The van der Waals surface area contributed by atoms with Crippen molar-refractivity contribution in [2.24, 2.45) is 0 Å². The van der Waals surface area contributed by atoms with Crippen LogP contribution in [0, 0.1) is 0 Å². The lowest BCUT2D eigenvalue weighted by Gasteiger charge is -2.31. The Morgan fingerprint density at radius 1 is 1.21 bits per heavy atom. The fourth-order valence-corrected chi connectivity index (χ4v) is 3.54. The van der Waals surface area contributed by atoms with Crippen molar-refractivity contribution in [1.82, 2.24) is 4.90 Å². The average molecular weight is 386 g/mol. The second-order valence-corrected chi connectivity index (χ2v) is 6.65. The molecule has 4 rings (SSSR count). The molecule has 2 aliphatic heterocycles. The molecule has 2 aliphatic rings. The van der Waals surface area contributed by atoms with Gasteiger partial charge in [0.15, 0.2) is 6.23 Å². The van der Waals surface area contributed by atoms with E-state index in [4.69, 9.17) is 14.3 Å². The van der Waals surface area contributed by atoms with E-state index in [1.54, 1.807) is 36.6 Å². The van der Waals surface area contributed by atoms with Crippen LogP contribution in [0.15, 0.2) is 41.0 Å². The molecule has 1 aromatic carbocycles. The van der Waals surface area contributed by atoms with E-state index in [1.165, 1.54) is 0 Å². The highest BCUT2D eigenvalue weighted by Gasteiger charge is 2.56. The van der Waals surface area contributed by atoms with E-state index in [-0.39, 0.29) is 12.8 Å². The van der Waals surface area contributed by atoms with Gasteiger partial charge in [-0.05, 0) is 24.6 Å². The summed E-state index contributed by atoms with van der Waals surface area (Å²) < 4.78 is 10.9. The molecule has 3 unspecified atom stereocenters. The van der Waals surface area contributed by atoms with Crippen LogP contribution in [-0.2, 0) is 20.9 Å². The normalized spacial score (nSPS) is 20.9. The van der Waals surface area contributed by atoms with Crippen LogP contribution < -0.4 is 5.32 Å². The summed E-state index contributed by atoms with van der Waals surface area (Å²) in [5, 5.41) is 21.6. The van der Waals surface area contributed by atoms with Crippen LogP contribution in [0.3, 0.4) is 0 Å². The van der Waals surface area contributed by atoms with Crippen molar-refractivity contribution in [3.63, 3.8) is 0 Å². The number of epoxide rings is 1. The standard InChI is InChI=1S/C19H18N2O7/c22-14(23)7-6-13(19(25)26)21-17(24)15-11(16-18(21)28-16)4-1-5-12(15)20-9-10-3-2-8-27-10/h1-5,8,13,16,18,20H,6-7,9H2,(H,22,23)(H,25,26). The number of nitrogens with zero attached hydrogens (tertiary/aromatic N) is 1. The quantitative estimate of drug-likeness (QED) is 0.587. The Balaban J connectivity index is 1.63. The molecule has 1 aromatic heterocycles. The Labute approximate surface area is 159 Å². The molecular formula is C19H18N2O7. The van der Waals surface area contributed by atoms with Crippen molar-refractivity contribution in [2.75, 3.05) is 5.32 Å². The molecule has 146 valence electrons. The van der Waals surface area contributed by atoms with Crippen LogP contribution in [0.2, 0.25) is 0 Å². The lowest BCUT2D eigenvalue weighted by Crippen LogP contribution is -2.49. The molecule has 3 N–H and O–H groups in total. The van der Waals surface area contributed by atoms with E-state index in [0.29, 0.717) is 29.1 Å². The van der Waals surface area contributed by atoms with Gasteiger partial charge < -0.3 is 24.7 Å². The maximum absolute atomic E-state index is 13.2. The van der Waals surface area contributed by atoms with Gasteiger partial charge in [0.05, 0.1) is 18.4 Å². The molecule has 0 bridgehead atoms. The Bertz CT molecular complexity index is 924. The summed E-state index contributed by atoms with van der Waals surface area (Å²) in [7, 11) is 0. The fourth-order valence-electron chi connectivity index (χ4n) is 3.54. The minimum atomic E-state index is -1.27. The number of carboxylic acid groups (broad SMARTS) is 2. The number of carbonyl (C=O) groups excluding carboxylic acids is 1. The largest absolute Gasteiger partial charge is 0.481 e. The van der Waals surface area contributed by atoms with Gasteiger partial charge in [-0.25, -0.2) is 4.79 Å². The van der Waals surface area contributed by atoms with Gasteiger partial charge in [0.25, 0.3) is 5.91 Å². The predicted octanol–water partition coefficient (Wildman–Crippen LogP) is 2.06. The highest BCUT2D eigenvalue weighted by atomic mass is 16.6. The molecule has 0 spiro atoms. The van der Waals surface area contributed by atoms with E-state index in [9.17, 15) is 19.5 Å². The SMILES string of the molecule is O=C(O)CCC(C(=O)O)N1C(=O)c2c(NCc3ccco3)cccc2C2OC21. The first-order chi connectivity index (χ1) is 13.5. The van der Waals surface area contributed by atoms with Crippen LogP contribution in [0.1, 0.15) is 40.6 Å². The summed E-state index contributed by atoms with van der Waals surface area (Å²) in [5.41, 5.74) is 1.58. The summed E-state index contributed by atoms with van der Waals surface area (Å²) in [4.78, 5) is 37.0. The Hall–Kier alpha value is -3.33. The highest BCUT2D eigenvalue weighted by molar-refractivity contribution is 6.04. The topological polar surface area (TPSA) is 133 Å². The lowest BCUT2D eigenvalue weighted by molar-refractivity contribution is -0.144. The number of amides is 1. The zero-order valence-electron chi connectivity index (χ0n) is 14.7. The highest BCUT2D eigenvalue weighted by Crippen LogP contribution is 2.49. The molecule has 1 saturated heterocycles. The zero-order chi connectivity index (χ0) is 19.8. The van der Waals surface area contributed by atoms with Crippen molar-refractivity contribution in [3.8, 4) is 0 Å². The van der Waals surface area contributed by atoms with Crippen molar-refractivity contribution in [3.05, 3.63) is 53.5 Å². The van der Waals surface area contributed by atoms with Crippen molar-refractivity contribution < 1.29 is 33.8 Å². The zero-order valence-corrected chi connectivity index (χ0v) is 14.7. The monoisotopic (exact) mass is 386 g/mol. The first kappa shape index (κ1) is 18.1. The summed E-state index contributed by atoms with van der Waals surface area (Å²) in [5.74, 6) is -2.18. The van der Waals surface area contributed by atoms with Gasteiger partial charge in [-0.3, -0.25) is 14.5 Å². The van der Waals surface area contributed by atoms with Crippen LogP contribution in [-0.4, -0.2) is 45.2 Å². The van der Waals surface area contributed by atoms with Gasteiger partial charge in [0.1, 0.15) is 17.9 Å². The summed E-state index contributed by atoms with van der Waals surface area (Å²) in [6.07, 6.45) is -0.101. The number of ether oxygens (including phenoxy) is 1. The molecule has 9 heteroatoms.